The first kappa shape index (κ1) is 14.8. The van der Waals surface area contributed by atoms with E-state index in [0.29, 0.717) is 18.5 Å². The maximum absolute atomic E-state index is 12.2. The molecule has 1 fully saturated rings. The van der Waals surface area contributed by atoms with E-state index in [1.807, 2.05) is 16.5 Å². The minimum Gasteiger partial charge on any atom is -0.334 e. The summed E-state index contributed by atoms with van der Waals surface area (Å²) in [4.78, 5) is 14.2. The first-order valence-corrected chi connectivity index (χ1v) is 8.37. The second-order valence-electron chi connectivity index (χ2n) is 5.21. The van der Waals surface area contributed by atoms with Crippen LogP contribution in [0.2, 0.25) is 0 Å². The predicted molar refractivity (Wildman–Crippen MR) is 79.4 cm³/mol. The smallest absolute Gasteiger partial charge is 0.238 e. The molecule has 1 heterocycles. The van der Waals surface area contributed by atoms with Gasteiger partial charge in [0.15, 0.2) is 0 Å². The Morgan fingerprint density at radius 2 is 2.32 bits per heavy atom. The van der Waals surface area contributed by atoms with Gasteiger partial charge >= 0.3 is 0 Å². The van der Waals surface area contributed by atoms with Crippen LogP contribution in [-0.2, 0) is 11.3 Å². The van der Waals surface area contributed by atoms with Crippen LogP contribution >= 0.6 is 23.1 Å². The molecule has 1 aromatic rings. The van der Waals surface area contributed by atoms with Crippen LogP contribution in [0.15, 0.2) is 11.6 Å². The van der Waals surface area contributed by atoms with Crippen molar-refractivity contribution in [2.45, 2.75) is 51.6 Å². The van der Waals surface area contributed by atoms with Gasteiger partial charge in [-0.1, -0.05) is 19.8 Å². The molecule has 1 aliphatic rings. The van der Waals surface area contributed by atoms with Gasteiger partial charge in [-0.15, -0.1) is 11.6 Å². The Kier molecular flexibility index (Phi) is 5.64. The first-order chi connectivity index (χ1) is 9.26. The highest BCUT2D eigenvalue weighted by Gasteiger charge is 2.31. The van der Waals surface area contributed by atoms with Crippen LogP contribution in [0.1, 0.15) is 44.6 Å². The molecule has 106 valence electrons. The van der Waals surface area contributed by atoms with E-state index in [1.54, 1.807) is 0 Å². The highest BCUT2D eigenvalue weighted by Crippen LogP contribution is 2.32. The number of hydrogen-bond acceptors (Lipinski definition) is 3. The summed E-state index contributed by atoms with van der Waals surface area (Å²) < 4.78 is 4.11. The number of rotatable bonds is 6. The summed E-state index contributed by atoms with van der Waals surface area (Å²) in [5.41, 5.74) is 1.11. The molecular weight excluding hydrogens is 280 g/mol. The second kappa shape index (κ2) is 7.25. The molecule has 0 N–H and O–H groups in total. The zero-order valence-corrected chi connectivity index (χ0v) is 12.9. The average molecular weight is 301 g/mol. The molecule has 0 spiro atoms. The van der Waals surface area contributed by atoms with Crippen LogP contribution in [0.5, 0.6) is 0 Å². The molecule has 1 atom stereocenters. The fraction of sp³-hybridized carbons (Fsp3) is 0.714. The number of hydrogen-bond donors (Lipinski definition) is 0. The van der Waals surface area contributed by atoms with E-state index in [2.05, 4.69) is 11.3 Å². The van der Waals surface area contributed by atoms with Crippen LogP contribution in [-0.4, -0.2) is 27.1 Å². The predicted octanol–water partition coefficient (Wildman–Crippen LogP) is 3.68. The highest BCUT2D eigenvalue weighted by atomic mass is 35.5. The van der Waals surface area contributed by atoms with E-state index >= 15 is 0 Å². The van der Waals surface area contributed by atoms with E-state index in [1.165, 1.54) is 37.2 Å². The number of carbonyl (C=O) groups excluding carboxylic acids is 1. The Balaban J connectivity index is 2.12. The number of carbonyl (C=O) groups is 1. The van der Waals surface area contributed by atoms with Crippen LogP contribution in [0.4, 0.5) is 0 Å². The summed E-state index contributed by atoms with van der Waals surface area (Å²) in [5, 5.41) is 2.01. The lowest BCUT2D eigenvalue weighted by Crippen LogP contribution is -2.43. The lowest BCUT2D eigenvalue weighted by atomic mass is 9.94. The van der Waals surface area contributed by atoms with Gasteiger partial charge in [-0.25, -0.2) is 4.37 Å². The fourth-order valence-electron chi connectivity index (χ4n) is 3.12. The number of aromatic nitrogens is 1. The summed E-state index contributed by atoms with van der Waals surface area (Å²) in [6.45, 7) is 2.82. The molecule has 0 radical (unpaired) electrons. The van der Waals surface area contributed by atoms with Gasteiger partial charge in [0, 0.05) is 29.7 Å². The standard InChI is InChI=1S/C14H21ClN2OS/c1-2-13(12-5-3-4-6-12)17(14(18)7-15)9-11-8-16-19-10-11/h8,10,12-13H,2-7,9H2,1H3. The molecule has 3 nitrogen and oxygen atoms in total. The number of halogens is 1. The highest BCUT2D eigenvalue weighted by molar-refractivity contribution is 7.03. The van der Waals surface area contributed by atoms with E-state index < -0.39 is 0 Å². The quantitative estimate of drug-likeness (QED) is 0.751. The maximum Gasteiger partial charge on any atom is 0.238 e. The van der Waals surface area contributed by atoms with Crippen molar-refractivity contribution < 1.29 is 4.79 Å². The Morgan fingerprint density at radius 1 is 1.58 bits per heavy atom. The zero-order valence-electron chi connectivity index (χ0n) is 11.3. The molecular formula is C14H21ClN2OS. The largest absolute Gasteiger partial charge is 0.334 e. The number of alkyl halides is 1. The molecule has 5 heteroatoms. The summed E-state index contributed by atoms with van der Waals surface area (Å²) in [5.74, 6) is 0.760. The van der Waals surface area contributed by atoms with Crippen molar-refractivity contribution in [2.24, 2.45) is 5.92 Å². The van der Waals surface area contributed by atoms with Crippen molar-refractivity contribution >= 4 is 29.0 Å². The Labute approximate surface area is 124 Å². The Morgan fingerprint density at radius 3 is 2.84 bits per heavy atom. The number of nitrogens with zero attached hydrogens (tertiary/aromatic N) is 2. The normalized spacial score (nSPS) is 17.6. The van der Waals surface area contributed by atoms with Crippen LogP contribution in [0.25, 0.3) is 0 Å². The van der Waals surface area contributed by atoms with Crippen LogP contribution in [0.3, 0.4) is 0 Å². The monoisotopic (exact) mass is 300 g/mol. The summed E-state index contributed by atoms with van der Waals surface area (Å²) >= 11 is 7.22. The molecule has 1 aliphatic carbocycles. The van der Waals surface area contributed by atoms with Gasteiger partial charge < -0.3 is 4.90 Å². The average Bonchev–Trinajstić information content (AvgIpc) is 3.10. The SMILES string of the molecule is CCC(C1CCCC1)N(Cc1cnsc1)C(=O)CCl. The van der Waals surface area contributed by atoms with Gasteiger partial charge in [0.1, 0.15) is 5.88 Å². The molecule has 1 aromatic heterocycles. The minimum atomic E-state index is 0.0478. The Bertz CT molecular complexity index is 390. The lowest BCUT2D eigenvalue weighted by molar-refractivity contribution is -0.132. The van der Waals surface area contributed by atoms with Crippen LogP contribution in [0, 0.1) is 5.92 Å². The van der Waals surface area contributed by atoms with Gasteiger partial charge in [0.2, 0.25) is 5.91 Å². The molecule has 0 bridgehead atoms. The van der Waals surface area contributed by atoms with Gasteiger partial charge in [0.05, 0.1) is 0 Å². The van der Waals surface area contributed by atoms with Crippen LogP contribution < -0.4 is 0 Å². The van der Waals surface area contributed by atoms with Crippen molar-refractivity contribution in [3.05, 3.63) is 17.1 Å². The van der Waals surface area contributed by atoms with Gasteiger partial charge in [-0.05, 0) is 36.7 Å². The topological polar surface area (TPSA) is 33.2 Å². The van der Waals surface area contributed by atoms with Gasteiger partial charge in [0.25, 0.3) is 0 Å². The van der Waals surface area contributed by atoms with E-state index in [4.69, 9.17) is 11.6 Å². The third-order valence-electron chi connectivity index (χ3n) is 4.03. The molecule has 0 aliphatic heterocycles. The van der Waals surface area contributed by atoms with E-state index in [0.717, 1.165) is 12.0 Å². The number of amides is 1. The lowest BCUT2D eigenvalue weighted by Gasteiger charge is -2.34. The summed E-state index contributed by atoms with van der Waals surface area (Å²) in [6.07, 6.45) is 7.93. The van der Waals surface area contributed by atoms with Crippen molar-refractivity contribution in [1.29, 1.82) is 0 Å². The molecule has 1 amide bonds. The molecule has 2 rings (SSSR count). The minimum absolute atomic E-state index is 0.0478. The van der Waals surface area contributed by atoms with Crippen molar-refractivity contribution in [3.8, 4) is 0 Å². The van der Waals surface area contributed by atoms with Gasteiger partial charge in [-0.2, -0.15) is 0 Å². The first-order valence-electron chi connectivity index (χ1n) is 7.00. The summed E-state index contributed by atoms with van der Waals surface area (Å²) in [7, 11) is 0. The third kappa shape index (κ3) is 3.69. The Hall–Kier alpha value is -0.610. The molecule has 19 heavy (non-hydrogen) atoms. The fourth-order valence-corrected chi connectivity index (χ4v) is 3.80. The van der Waals surface area contributed by atoms with Crippen molar-refractivity contribution in [2.75, 3.05) is 5.88 Å². The summed E-state index contributed by atoms with van der Waals surface area (Å²) in [6, 6.07) is 0.327. The van der Waals surface area contributed by atoms with Gasteiger partial charge in [-0.3, -0.25) is 4.79 Å². The maximum atomic E-state index is 12.2. The molecule has 0 aromatic carbocycles. The third-order valence-corrected chi connectivity index (χ3v) is 4.90. The van der Waals surface area contributed by atoms with Crippen molar-refractivity contribution in [3.63, 3.8) is 0 Å². The molecule has 0 saturated heterocycles. The van der Waals surface area contributed by atoms with E-state index in [-0.39, 0.29) is 11.8 Å². The molecule has 1 unspecified atom stereocenters. The molecule has 1 saturated carbocycles. The van der Waals surface area contributed by atoms with E-state index in [9.17, 15) is 4.79 Å². The van der Waals surface area contributed by atoms with Crippen molar-refractivity contribution in [1.82, 2.24) is 9.27 Å². The second-order valence-corrected chi connectivity index (χ2v) is 6.13. The zero-order chi connectivity index (χ0) is 13.7.